The Balaban J connectivity index is 1.60. The van der Waals surface area contributed by atoms with Crippen LogP contribution in [0.5, 0.6) is 0 Å². The molecule has 1 aromatic carbocycles. The zero-order valence-electron chi connectivity index (χ0n) is 11.3. The Morgan fingerprint density at radius 1 is 0.950 bits per heavy atom. The highest BCUT2D eigenvalue weighted by Gasteiger charge is 2.00. The highest BCUT2D eigenvalue weighted by Crippen LogP contribution is 2.15. The molecule has 1 N–H and O–H groups in total. The van der Waals surface area contributed by atoms with E-state index in [1.54, 1.807) is 6.20 Å². The van der Waals surface area contributed by atoms with Gasteiger partial charge in [0.05, 0.1) is 5.52 Å². The first kappa shape index (κ1) is 12.8. The number of fused-ring (bicyclic) bond motifs is 1. The van der Waals surface area contributed by atoms with E-state index in [0.29, 0.717) is 0 Å². The van der Waals surface area contributed by atoms with Crippen LogP contribution in [0.3, 0.4) is 0 Å². The molecule has 20 heavy (non-hydrogen) atoms. The van der Waals surface area contributed by atoms with E-state index in [4.69, 9.17) is 0 Å². The lowest BCUT2D eigenvalue weighted by molar-refractivity contribution is 0.688. The van der Waals surface area contributed by atoms with E-state index in [0.717, 1.165) is 25.0 Å². The molecule has 3 rings (SSSR count). The summed E-state index contributed by atoms with van der Waals surface area (Å²) in [5.74, 6) is 0. The van der Waals surface area contributed by atoms with Gasteiger partial charge < -0.3 is 5.32 Å². The summed E-state index contributed by atoms with van der Waals surface area (Å²) in [6.45, 7) is 1.81. The highest BCUT2D eigenvalue weighted by molar-refractivity contribution is 5.81. The number of rotatable bonds is 5. The van der Waals surface area contributed by atoms with Gasteiger partial charge in [-0.3, -0.25) is 9.97 Å². The van der Waals surface area contributed by atoms with E-state index in [9.17, 15) is 0 Å². The molecule has 0 saturated carbocycles. The number of para-hydroxylation sites is 1. The largest absolute Gasteiger partial charge is 0.312 e. The molecule has 2 heterocycles. The van der Waals surface area contributed by atoms with Gasteiger partial charge in [-0.05, 0) is 42.3 Å². The second-order valence-corrected chi connectivity index (χ2v) is 4.78. The second kappa shape index (κ2) is 6.26. The van der Waals surface area contributed by atoms with Crippen molar-refractivity contribution >= 4 is 10.9 Å². The molecule has 0 unspecified atom stereocenters. The molecule has 0 saturated heterocycles. The van der Waals surface area contributed by atoms with Gasteiger partial charge in [-0.2, -0.15) is 0 Å². The summed E-state index contributed by atoms with van der Waals surface area (Å²) >= 11 is 0. The molecule has 0 amide bonds. The Labute approximate surface area is 118 Å². The van der Waals surface area contributed by atoms with Gasteiger partial charge in [0.25, 0.3) is 0 Å². The van der Waals surface area contributed by atoms with Gasteiger partial charge in [-0.1, -0.05) is 24.3 Å². The summed E-state index contributed by atoms with van der Waals surface area (Å²) in [7, 11) is 0. The predicted molar refractivity (Wildman–Crippen MR) is 81.4 cm³/mol. The van der Waals surface area contributed by atoms with Crippen molar-refractivity contribution in [3.8, 4) is 0 Å². The Kier molecular flexibility index (Phi) is 3.99. The molecule has 0 radical (unpaired) electrons. The molecule has 0 aliphatic carbocycles. The third-order valence-electron chi connectivity index (χ3n) is 3.37. The number of hydrogen-bond acceptors (Lipinski definition) is 3. The highest BCUT2D eigenvalue weighted by atomic mass is 14.8. The standard InChI is InChI=1S/C17H17N3/c1-2-6-17-16(5-1)15(8-11-20-17)13-19-10-7-14-4-3-9-18-12-14/h1-6,8-9,11-12,19H,7,10,13H2. The van der Waals surface area contributed by atoms with Crippen LogP contribution in [0, 0.1) is 0 Å². The van der Waals surface area contributed by atoms with Crippen molar-refractivity contribution in [2.45, 2.75) is 13.0 Å². The van der Waals surface area contributed by atoms with Crippen LogP contribution >= 0.6 is 0 Å². The minimum atomic E-state index is 0.864. The van der Waals surface area contributed by atoms with Gasteiger partial charge in [-0.25, -0.2) is 0 Å². The van der Waals surface area contributed by atoms with Crippen LogP contribution in [-0.4, -0.2) is 16.5 Å². The number of nitrogens with zero attached hydrogens (tertiary/aromatic N) is 2. The summed E-state index contributed by atoms with van der Waals surface area (Å²) in [6, 6.07) is 14.4. The smallest absolute Gasteiger partial charge is 0.0705 e. The average Bonchev–Trinajstić information content (AvgIpc) is 2.53. The van der Waals surface area contributed by atoms with Crippen molar-refractivity contribution in [3.05, 3.63) is 72.2 Å². The van der Waals surface area contributed by atoms with Crippen molar-refractivity contribution in [1.82, 2.24) is 15.3 Å². The fourth-order valence-electron chi connectivity index (χ4n) is 2.31. The average molecular weight is 263 g/mol. The summed E-state index contributed by atoms with van der Waals surface area (Å²) in [5.41, 5.74) is 3.61. The van der Waals surface area contributed by atoms with Crippen LogP contribution in [0.2, 0.25) is 0 Å². The summed E-state index contributed by atoms with van der Waals surface area (Å²) in [6.07, 6.45) is 6.60. The van der Waals surface area contributed by atoms with Crippen molar-refractivity contribution in [1.29, 1.82) is 0 Å². The molecule has 100 valence electrons. The number of benzene rings is 1. The van der Waals surface area contributed by atoms with Gasteiger partial charge in [0.2, 0.25) is 0 Å². The Morgan fingerprint density at radius 2 is 1.90 bits per heavy atom. The monoisotopic (exact) mass is 263 g/mol. The van der Waals surface area contributed by atoms with E-state index in [-0.39, 0.29) is 0 Å². The van der Waals surface area contributed by atoms with Crippen LogP contribution in [0.15, 0.2) is 61.1 Å². The number of nitrogens with one attached hydrogen (secondary N) is 1. The first-order valence-electron chi connectivity index (χ1n) is 6.86. The fraction of sp³-hybridized carbons (Fsp3) is 0.176. The van der Waals surface area contributed by atoms with E-state index >= 15 is 0 Å². The molecule has 3 heteroatoms. The quantitative estimate of drug-likeness (QED) is 0.719. The normalized spacial score (nSPS) is 10.8. The first-order chi connectivity index (χ1) is 9.93. The van der Waals surface area contributed by atoms with Gasteiger partial charge >= 0.3 is 0 Å². The Hall–Kier alpha value is -2.26. The van der Waals surface area contributed by atoms with Gasteiger partial charge in [-0.15, -0.1) is 0 Å². The van der Waals surface area contributed by atoms with E-state index in [2.05, 4.69) is 45.6 Å². The maximum absolute atomic E-state index is 4.38. The van der Waals surface area contributed by atoms with Crippen LogP contribution in [0.25, 0.3) is 10.9 Å². The van der Waals surface area contributed by atoms with E-state index in [1.165, 1.54) is 16.5 Å². The van der Waals surface area contributed by atoms with E-state index in [1.807, 2.05) is 24.5 Å². The van der Waals surface area contributed by atoms with E-state index < -0.39 is 0 Å². The maximum atomic E-state index is 4.38. The minimum Gasteiger partial charge on any atom is -0.312 e. The van der Waals surface area contributed by atoms with Crippen LogP contribution in [-0.2, 0) is 13.0 Å². The molecule has 0 spiro atoms. The predicted octanol–water partition coefficient (Wildman–Crippen LogP) is 2.96. The molecule has 0 aliphatic heterocycles. The van der Waals surface area contributed by atoms with Crippen molar-refractivity contribution in [3.63, 3.8) is 0 Å². The summed E-state index contributed by atoms with van der Waals surface area (Å²) in [4.78, 5) is 8.51. The topological polar surface area (TPSA) is 37.8 Å². The summed E-state index contributed by atoms with van der Waals surface area (Å²) < 4.78 is 0. The lowest BCUT2D eigenvalue weighted by atomic mass is 10.1. The van der Waals surface area contributed by atoms with Gasteiger partial charge in [0.1, 0.15) is 0 Å². The minimum absolute atomic E-state index is 0.864. The van der Waals surface area contributed by atoms with Crippen molar-refractivity contribution < 1.29 is 0 Å². The Morgan fingerprint density at radius 3 is 2.80 bits per heavy atom. The number of hydrogen-bond donors (Lipinski definition) is 1. The summed E-state index contributed by atoms with van der Waals surface area (Å²) in [5, 5.41) is 4.71. The van der Waals surface area contributed by atoms with Crippen LogP contribution in [0.1, 0.15) is 11.1 Å². The van der Waals surface area contributed by atoms with Gasteiger partial charge in [0.15, 0.2) is 0 Å². The van der Waals surface area contributed by atoms with Crippen molar-refractivity contribution in [2.75, 3.05) is 6.54 Å². The maximum Gasteiger partial charge on any atom is 0.0705 e. The first-order valence-corrected chi connectivity index (χ1v) is 6.86. The second-order valence-electron chi connectivity index (χ2n) is 4.78. The number of aromatic nitrogens is 2. The molecule has 3 aromatic rings. The van der Waals surface area contributed by atoms with Crippen LogP contribution in [0.4, 0.5) is 0 Å². The van der Waals surface area contributed by atoms with Crippen molar-refractivity contribution in [2.24, 2.45) is 0 Å². The fourth-order valence-corrected chi connectivity index (χ4v) is 2.31. The van der Waals surface area contributed by atoms with Gasteiger partial charge in [0, 0.05) is 30.5 Å². The zero-order chi connectivity index (χ0) is 13.6. The number of pyridine rings is 2. The Bertz CT molecular complexity index is 675. The molecule has 3 nitrogen and oxygen atoms in total. The molecule has 2 aromatic heterocycles. The third kappa shape index (κ3) is 3.00. The molecule has 0 bridgehead atoms. The molecule has 0 fully saturated rings. The molecule has 0 aliphatic rings. The molecular formula is C17H17N3. The lowest BCUT2D eigenvalue weighted by Crippen LogP contribution is -2.17. The third-order valence-corrected chi connectivity index (χ3v) is 3.37. The molecular weight excluding hydrogens is 246 g/mol. The molecule has 0 atom stereocenters. The zero-order valence-corrected chi connectivity index (χ0v) is 11.3. The van der Waals surface area contributed by atoms with Crippen LogP contribution < -0.4 is 5.32 Å². The lowest BCUT2D eigenvalue weighted by Gasteiger charge is -2.07. The SMILES string of the molecule is c1cncc(CCNCc2ccnc3ccccc23)c1.